The third-order valence-corrected chi connectivity index (χ3v) is 8.37. The van der Waals surface area contributed by atoms with Gasteiger partial charge in [-0.05, 0) is 95.3 Å². The van der Waals surface area contributed by atoms with Gasteiger partial charge in [0.1, 0.15) is 0 Å². The van der Waals surface area contributed by atoms with E-state index in [4.69, 9.17) is 0 Å². The van der Waals surface area contributed by atoms with E-state index in [0.717, 1.165) is 67.1 Å². The molecule has 4 saturated carbocycles. The highest BCUT2D eigenvalue weighted by atomic mass is 79.9. The number of rotatable bonds is 5. The first-order valence-electron chi connectivity index (χ1n) is 11.1. The van der Waals surface area contributed by atoms with E-state index in [1.807, 2.05) is 6.07 Å². The molecule has 4 nitrogen and oxygen atoms in total. The number of nitrogens with zero attached hydrogens (tertiary/aromatic N) is 1. The SMILES string of the molecule is O=C(NCC12CC3CC(CC(C3)C1)C2)c1cc(CN2CCNCC2)ccc1Br. The minimum absolute atomic E-state index is 0.0878. The fraction of sp³-hybridized carbons (Fsp3) is 0.696. The lowest BCUT2D eigenvalue weighted by Crippen LogP contribution is -2.51. The van der Waals surface area contributed by atoms with Gasteiger partial charge in [-0.2, -0.15) is 0 Å². The Labute approximate surface area is 177 Å². The van der Waals surface area contributed by atoms with Crippen LogP contribution in [0.25, 0.3) is 0 Å². The van der Waals surface area contributed by atoms with Crippen LogP contribution >= 0.6 is 15.9 Å². The van der Waals surface area contributed by atoms with Crippen LogP contribution in [-0.4, -0.2) is 43.5 Å². The zero-order chi connectivity index (χ0) is 19.1. The molecule has 1 saturated heterocycles. The largest absolute Gasteiger partial charge is 0.351 e. The molecule has 6 rings (SSSR count). The summed E-state index contributed by atoms with van der Waals surface area (Å²) in [6.07, 6.45) is 8.36. The summed E-state index contributed by atoms with van der Waals surface area (Å²) in [5.74, 6) is 2.87. The topological polar surface area (TPSA) is 44.4 Å². The van der Waals surface area contributed by atoms with Crippen molar-refractivity contribution in [2.45, 2.75) is 45.1 Å². The van der Waals surface area contributed by atoms with Gasteiger partial charge in [-0.1, -0.05) is 6.07 Å². The third kappa shape index (κ3) is 3.90. The molecule has 0 radical (unpaired) electrons. The number of piperazine rings is 1. The summed E-state index contributed by atoms with van der Waals surface area (Å²) in [5.41, 5.74) is 2.40. The molecule has 1 amide bonds. The van der Waals surface area contributed by atoms with Gasteiger partial charge < -0.3 is 10.6 Å². The smallest absolute Gasteiger partial charge is 0.252 e. The highest BCUT2D eigenvalue weighted by Gasteiger charge is 2.50. The predicted octanol–water partition coefficient (Wildman–Crippen LogP) is 3.80. The fourth-order valence-electron chi connectivity index (χ4n) is 6.84. The van der Waals surface area contributed by atoms with Crippen molar-refractivity contribution in [2.24, 2.45) is 23.2 Å². The fourth-order valence-corrected chi connectivity index (χ4v) is 7.27. The molecule has 0 spiro atoms. The molecular formula is C23H32BrN3O. The second-order valence-corrected chi connectivity index (χ2v) is 10.8. The average Bonchev–Trinajstić information content (AvgIpc) is 2.67. The number of amides is 1. The molecule has 28 heavy (non-hydrogen) atoms. The monoisotopic (exact) mass is 445 g/mol. The summed E-state index contributed by atoms with van der Waals surface area (Å²) in [7, 11) is 0. The number of halogens is 1. The van der Waals surface area contributed by atoms with Gasteiger partial charge in [-0.3, -0.25) is 9.69 Å². The minimum Gasteiger partial charge on any atom is -0.351 e. The lowest BCUT2D eigenvalue weighted by atomic mass is 9.49. The first kappa shape index (κ1) is 19.1. The van der Waals surface area contributed by atoms with E-state index in [1.54, 1.807) is 0 Å². The molecule has 152 valence electrons. The summed E-state index contributed by atoms with van der Waals surface area (Å²) in [5, 5.41) is 6.73. The van der Waals surface area contributed by atoms with E-state index >= 15 is 0 Å². The first-order chi connectivity index (χ1) is 13.6. The summed E-state index contributed by atoms with van der Waals surface area (Å²) in [6.45, 7) is 6.03. The Morgan fingerprint density at radius 3 is 2.39 bits per heavy atom. The van der Waals surface area contributed by atoms with Gasteiger partial charge in [0.05, 0.1) is 5.56 Å². The van der Waals surface area contributed by atoms with Crippen LogP contribution in [-0.2, 0) is 6.54 Å². The van der Waals surface area contributed by atoms with Gasteiger partial charge in [0, 0.05) is 43.7 Å². The molecule has 4 aliphatic carbocycles. The Bertz CT molecular complexity index is 708. The maximum absolute atomic E-state index is 13.0. The van der Waals surface area contributed by atoms with Crippen LogP contribution in [0.3, 0.4) is 0 Å². The lowest BCUT2D eigenvalue weighted by Gasteiger charge is -2.56. The number of carbonyl (C=O) groups is 1. The highest BCUT2D eigenvalue weighted by Crippen LogP contribution is 2.59. The number of hydrogen-bond acceptors (Lipinski definition) is 3. The Morgan fingerprint density at radius 2 is 1.75 bits per heavy atom. The van der Waals surface area contributed by atoms with Gasteiger partial charge in [-0.25, -0.2) is 0 Å². The summed E-state index contributed by atoms with van der Waals surface area (Å²) in [6, 6.07) is 6.26. The molecule has 4 bridgehead atoms. The quantitative estimate of drug-likeness (QED) is 0.723. The maximum atomic E-state index is 13.0. The minimum atomic E-state index is 0.0878. The van der Waals surface area contributed by atoms with Crippen LogP contribution < -0.4 is 10.6 Å². The van der Waals surface area contributed by atoms with E-state index in [1.165, 1.54) is 44.1 Å². The molecule has 0 atom stereocenters. The standard InChI is InChI=1S/C23H32BrN3O/c24-21-2-1-16(14-27-5-3-25-4-6-27)10-20(21)22(28)26-15-23-11-17-7-18(12-23)9-19(8-17)13-23/h1-2,10,17-19,25H,3-9,11-15H2,(H,26,28). The van der Waals surface area contributed by atoms with Crippen molar-refractivity contribution in [1.29, 1.82) is 0 Å². The summed E-state index contributed by atoms with van der Waals surface area (Å²) >= 11 is 3.61. The van der Waals surface area contributed by atoms with Gasteiger partial charge in [0.15, 0.2) is 0 Å². The van der Waals surface area contributed by atoms with Crippen molar-refractivity contribution in [3.63, 3.8) is 0 Å². The van der Waals surface area contributed by atoms with Crippen molar-refractivity contribution in [3.05, 3.63) is 33.8 Å². The zero-order valence-electron chi connectivity index (χ0n) is 16.7. The molecule has 1 aliphatic heterocycles. The second kappa shape index (κ2) is 7.73. The Kier molecular flexibility index (Phi) is 5.27. The van der Waals surface area contributed by atoms with Gasteiger partial charge in [0.2, 0.25) is 0 Å². The van der Waals surface area contributed by atoms with Crippen LogP contribution in [0.5, 0.6) is 0 Å². The van der Waals surface area contributed by atoms with Crippen LogP contribution in [0, 0.1) is 23.2 Å². The van der Waals surface area contributed by atoms with Gasteiger partial charge in [0.25, 0.3) is 5.91 Å². The van der Waals surface area contributed by atoms with Gasteiger partial charge in [-0.15, -0.1) is 0 Å². The van der Waals surface area contributed by atoms with Gasteiger partial charge >= 0.3 is 0 Å². The van der Waals surface area contributed by atoms with Crippen LogP contribution in [0.1, 0.15) is 54.4 Å². The van der Waals surface area contributed by atoms with Crippen molar-refractivity contribution >= 4 is 21.8 Å². The van der Waals surface area contributed by atoms with E-state index in [0.29, 0.717) is 5.41 Å². The average molecular weight is 446 g/mol. The molecule has 5 heteroatoms. The van der Waals surface area contributed by atoms with Crippen molar-refractivity contribution in [3.8, 4) is 0 Å². The first-order valence-corrected chi connectivity index (χ1v) is 11.9. The molecule has 2 N–H and O–H groups in total. The van der Waals surface area contributed by atoms with Crippen molar-refractivity contribution in [2.75, 3.05) is 32.7 Å². The molecule has 0 aromatic heterocycles. The Hall–Kier alpha value is -0.910. The normalized spacial score (nSPS) is 34.5. The summed E-state index contributed by atoms with van der Waals surface area (Å²) < 4.78 is 0.902. The number of benzene rings is 1. The van der Waals surface area contributed by atoms with Crippen molar-refractivity contribution < 1.29 is 4.79 Å². The van der Waals surface area contributed by atoms with E-state index < -0.39 is 0 Å². The van der Waals surface area contributed by atoms with Crippen molar-refractivity contribution in [1.82, 2.24) is 15.5 Å². The number of carbonyl (C=O) groups excluding carboxylic acids is 1. The number of nitrogens with one attached hydrogen (secondary N) is 2. The molecule has 5 fully saturated rings. The van der Waals surface area contributed by atoms with Crippen LogP contribution in [0.15, 0.2) is 22.7 Å². The maximum Gasteiger partial charge on any atom is 0.252 e. The third-order valence-electron chi connectivity index (χ3n) is 7.68. The predicted molar refractivity (Wildman–Crippen MR) is 115 cm³/mol. The van der Waals surface area contributed by atoms with E-state index in [2.05, 4.69) is 43.6 Å². The molecule has 0 unspecified atom stereocenters. The zero-order valence-corrected chi connectivity index (χ0v) is 18.3. The number of hydrogen-bond donors (Lipinski definition) is 2. The molecule has 1 heterocycles. The van der Waals surface area contributed by atoms with E-state index in [-0.39, 0.29) is 5.91 Å². The molecule has 5 aliphatic rings. The molecular weight excluding hydrogens is 414 g/mol. The van der Waals surface area contributed by atoms with E-state index in [9.17, 15) is 4.79 Å². The second-order valence-electron chi connectivity index (χ2n) is 9.94. The lowest BCUT2D eigenvalue weighted by molar-refractivity contribution is -0.0503. The Morgan fingerprint density at radius 1 is 1.11 bits per heavy atom. The highest BCUT2D eigenvalue weighted by molar-refractivity contribution is 9.10. The molecule has 1 aromatic rings. The van der Waals surface area contributed by atoms with Crippen LogP contribution in [0.4, 0.5) is 0 Å². The summed E-state index contributed by atoms with van der Waals surface area (Å²) in [4.78, 5) is 15.5. The Balaban J connectivity index is 1.24. The van der Waals surface area contributed by atoms with Crippen LogP contribution in [0.2, 0.25) is 0 Å². The molecule has 1 aromatic carbocycles.